The van der Waals surface area contributed by atoms with Crippen molar-refractivity contribution in [2.24, 2.45) is 17.8 Å². The third-order valence-electron chi connectivity index (χ3n) is 6.48. The molecule has 1 aromatic carbocycles. The number of aromatic nitrogens is 2. The molecule has 0 spiro atoms. The predicted molar refractivity (Wildman–Crippen MR) is 110 cm³/mol. The number of carboxylic acids is 1. The lowest BCUT2D eigenvalue weighted by molar-refractivity contribution is -0.184. The fourth-order valence-corrected chi connectivity index (χ4v) is 4.45. The second kappa shape index (κ2) is 8.96. The molecule has 2 unspecified atom stereocenters. The first kappa shape index (κ1) is 22.4. The minimum Gasteiger partial charge on any atom is -0.496 e. The predicted octanol–water partition coefficient (Wildman–Crippen LogP) is 5.09. The summed E-state index contributed by atoms with van der Waals surface area (Å²) in [5.41, 5.74) is 2.44. The molecule has 32 heavy (non-hydrogen) atoms. The maximum Gasteiger partial charge on any atom is 0.391 e. The molecule has 1 aromatic heterocycles. The number of hydrogen-bond acceptors (Lipinski definition) is 5. The highest BCUT2D eigenvalue weighted by Gasteiger charge is 2.45. The van der Waals surface area contributed by atoms with E-state index in [9.17, 15) is 23.1 Å². The van der Waals surface area contributed by atoms with Crippen LogP contribution in [0, 0.1) is 17.8 Å². The molecular formula is C23H25F3N2O4. The highest BCUT2D eigenvalue weighted by atomic mass is 19.4. The fourth-order valence-electron chi connectivity index (χ4n) is 4.45. The van der Waals surface area contributed by atoms with Crippen molar-refractivity contribution in [3.63, 3.8) is 0 Å². The average Bonchev–Trinajstić information content (AvgIpc) is 3.58. The van der Waals surface area contributed by atoms with Gasteiger partial charge in [-0.1, -0.05) is 6.07 Å². The molecule has 2 fully saturated rings. The molecular weight excluding hydrogens is 425 g/mol. The molecule has 9 heteroatoms. The van der Waals surface area contributed by atoms with Crippen LogP contribution in [-0.2, 0) is 4.79 Å². The number of halogens is 3. The van der Waals surface area contributed by atoms with Crippen LogP contribution in [0.2, 0.25) is 0 Å². The first-order chi connectivity index (χ1) is 15.3. The maximum absolute atomic E-state index is 12.8. The van der Waals surface area contributed by atoms with Crippen LogP contribution in [0.1, 0.15) is 43.6 Å². The average molecular weight is 450 g/mol. The zero-order chi connectivity index (χ0) is 22.9. The van der Waals surface area contributed by atoms with Crippen LogP contribution in [0.15, 0.2) is 30.5 Å². The minimum atomic E-state index is -4.12. The molecule has 172 valence electrons. The second-order valence-corrected chi connectivity index (χ2v) is 8.60. The van der Waals surface area contributed by atoms with Gasteiger partial charge in [-0.3, -0.25) is 4.79 Å². The van der Waals surface area contributed by atoms with Crippen molar-refractivity contribution >= 4 is 5.97 Å². The molecule has 0 bridgehead atoms. The second-order valence-electron chi connectivity index (χ2n) is 8.60. The molecule has 0 amide bonds. The molecule has 6 nitrogen and oxygen atoms in total. The summed E-state index contributed by atoms with van der Waals surface area (Å²) in [6.45, 7) is 0.305. The van der Waals surface area contributed by atoms with Crippen molar-refractivity contribution in [2.75, 3.05) is 13.7 Å². The van der Waals surface area contributed by atoms with E-state index in [1.807, 2.05) is 18.2 Å². The molecule has 2 aliphatic rings. The molecule has 0 aliphatic heterocycles. The Balaban J connectivity index is 1.42. The van der Waals surface area contributed by atoms with Crippen LogP contribution in [0.4, 0.5) is 13.2 Å². The van der Waals surface area contributed by atoms with E-state index in [0.29, 0.717) is 37.5 Å². The Hall–Kier alpha value is -2.84. The van der Waals surface area contributed by atoms with Crippen molar-refractivity contribution in [2.45, 2.75) is 44.2 Å². The van der Waals surface area contributed by atoms with E-state index in [4.69, 9.17) is 9.47 Å². The summed E-state index contributed by atoms with van der Waals surface area (Å²) in [7, 11) is 1.55. The number of aliphatic carboxylic acids is 1. The first-order valence-electron chi connectivity index (χ1n) is 10.7. The maximum atomic E-state index is 12.8. The standard InChI is InChI=1S/C23H25F3N2O4/c1-31-20-7-4-14(8-18(20)17-10-19(17)22(29)30)15-9-21(28-27-11-15)32-12-13-2-5-16(6-3-13)23(24,25)26/h4,7-9,11,13,16-17,19H,2-3,5-6,10,12H2,1H3,(H,29,30). The topological polar surface area (TPSA) is 81.5 Å². The van der Waals surface area contributed by atoms with Crippen molar-refractivity contribution in [3.05, 3.63) is 36.0 Å². The van der Waals surface area contributed by atoms with Crippen LogP contribution in [0.3, 0.4) is 0 Å². The number of nitrogens with zero attached hydrogens (tertiary/aromatic N) is 2. The summed E-state index contributed by atoms with van der Waals surface area (Å²) in [6, 6.07) is 7.31. The lowest BCUT2D eigenvalue weighted by atomic mass is 9.82. The SMILES string of the molecule is COc1ccc(-c2cnnc(OCC3CCC(C(F)(F)F)CC3)c2)cc1C1CC1C(=O)O. The third kappa shape index (κ3) is 4.97. The Morgan fingerprint density at radius 2 is 1.91 bits per heavy atom. The van der Waals surface area contributed by atoms with Crippen molar-refractivity contribution < 1.29 is 32.5 Å². The van der Waals surface area contributed by atoms with Gasteiger partial charge in [0, 0.05) is 17.5 Å². The zero-order valence-corrected chi connectivity index (χ0v) is 17.6. The number of carbonyl (C=O) groups is 1. The summed E-state index contributed by atoms with van der Waals surface area (Å²) >= 11 is 0. The fraction of sp³-hybridized carbons (Fsp3) is 0.522. The quantitative estimate of drug-likeness (QED) is 0.633. The number of ether oxygens (including phenoxy) is 2. The normalized spacial score (nSPS) is 25.2. The minimum absolute atomic E-state index is 0.0643. The Bertz CT molecular complexity index is 974. The number of hydrogen-bond donors (Lipinski definition) is 1. The van der Waals surface area contributed by atoms with Crippen LogP contribution in [0.25, 0.3) is 11.1 Å². The van der Waals surface area contributed by atoms with Gasteiger partial charge in [-0.15, -0.1) is 5.10 Å². The monoisotopic (exact) mass is 450 g/mol. The molecule has 4 rings (SSSR count). The van der Waals surface area contributed by atoms with Crippen molar-refractivity contribution in [1.29, 1.82) is 0 Å². The molecule has 2 aromatic rings. The lowest BCUT2D eigenvalue weighted by Crippen LogP contribution is -2.29. The van der Waals surface area contributed by atoms with Gasteiger partial charge in [0.05, 0.1) is 31.7 Å². The lowest BCUT2D eigenvalue weighted by Gasteiger charge is -2.29. The van der Waals surface area contributed by atoms with Gasteiger partial charge < -0.3 is 14.6 Å². The van der Waals surface area contributed by atoms with Gasteiger partial charge in [0.25, 0.3) is 0 Å². The Kier molecular flexibility index (Phi) is 6.26. The van der Waals surface area contributed by atoms with E-state index < -0.39 is 24.0 Å². The van der Waals surface area contributed by atoms with E-state index in [-0.39, 0.29) is 24.7 Å². The summed E-state index contributed by atoms with van der Waals surface area (Å²) in [5, 5.41) is 17.2. The highest BCUT2D eigenvalue weighted by Crippen LogP contribution is 2.51. The van der Waals surface area contributed by atoms with Crippen molar-refractivity contribution in [3.8, 4) is 22.8 Å². The summed E-state index contributed by atoms with van der Waals surface area (Å²) in [6.07, 6.45) is -0.722. The van der Waals surface area contributed by atoms with E-state index in [0.717, 1.165) is 16.7 Å². The summed E-state index contributed by atoms with van der Waals surface area (Å²) < 4.78 is 49.6. The number of alkyl halides is 3. The Morgan fingerprint density at radius 1 is 1.16 bits per heavy atom. The van der Waals surface area contributed by atoms with Crippen LogP contribution in [-0.4, -0.2) is 41.2 Å². The van der Waals surface area contributed by atoms with Crippen LogP contribution in [0.5, 0.6) is 11.6 Å². The number of benzene rings is 1. The van der Waals surface area contributed by atoms with Crippen LogP contribution < -0.4 is 9.47 Å². The first-order valence-corrected chi connectivity index (χ1v) is 10.7. The zero-order valence-electron chi connectivity index (χ0n) is 17.6. The third-order valence-corrected chi connectivity index (χ3v) is 6.48. The number of carboxylic acid groups (broad SMARTS) is 1. The van der Waals surface area contributed by atoms with Gasteiger partial charge in [0.1, 0.15) is 5.75 Å². The van der Waals surface area contributed by atoms with Crippen LogP contribution >= 0.6 is 0 Å². The largest absolute Gasteiger partial charge is 0.496 e. The van der Waals surface area contributed by atoms with Gasteiger partial charge in [-0.25, -0.2) is 0 Å². The van der Waals surface area contributed by atoms with Gasteiger partial charge >= 0.3 is 12.1 Å². The summed E-state index contributed by atoms with van der Waals surface area (Å²) in [5.74, 6) is -1.48. The summed E-state index contributed by atoms with van der Waals surface area (Å²) in [4.78, 5) is 11.3. The van der Waals surface area contributed by atoms with Gasteiger partial charge in [0.2, 0.25) is 5.88 Å². The molecule has 2 aliphatic carbocycles. The number of methoxy groups -OCH3 is 1. The van der Waals surface area contributed by atoms with Crippen molar-refractivity contribution in [1.82, 2.24) is 10.2 Å². The van der Waals surface area contributed by atoms with E-state index in [1.165, 1.54) is 0 Å². The molecule has 2 atom stereocenters. The van der Waals surface area contributed by atoms with Gasteiger partial charge in [-0.2, -0.15) is 18.3 Å². The molecule has 2 saturated carbocycles. The molecule has 1 N–H and O–H groups in total. The Labute approximate surface area is 183 Å². The highest BCUT2D eigenvalue weighted by molar-refractivity contribution is 5.76. The van der Waals surface area contributed by atoms with Gasteiger partial charge in [0.15, 0.2) is 0 Å². The Morgan fingerprint density at radius 3 is 2.53 bits per heavy atom. The number of rotatable bonds is 7. The van der Waals surface area contributed by atoms with E-state index >= 15 is 0 Å². The molecule has 0 saturated heterocycles. The molecule has 1 heterocycles. The molecule has 0 radical (unpaired) electrons. The van der Waals surface area contributed by atoms with E-state index in [2.05, 4.69) is 10.2 Å². The van der Waals surface area contributed by atoms with E-state index in [1.54, 1.807) is 19.4 Å². The van der Waals surface area contributed by atoms with Gasteiger partial charge in [-0.05, 0) is 61.3 Å². The smallest absolute Gasteiger partial charge is 0.391 e.